The van der Waals surface area contributed by atoms with E-state index >= 15 is 0 Å². The van der Waals surface area contributed by atoms with Gasteiger partial charge in [-0.1, -0.05) is 37.1 Å². The van der Waals surface area contributed by atoms with Crippen molar-refractivity contribution in [3.63, 3.8) is 0 Å². The number of rotatable bonds is 8. The fourth-order valence-electron chi connectivity index (χ4n) is 2.56. The van der Waals surface area contributed by atoms with Crippen LogP contribution < -0.4 is 10.1 Å². The molecule has 0 atom stereocenters. The second-order valence-corrected chi connectivity index (χ2v) is 7.73. The van der Waals surface area contributed by atoms with Crippen molar-refractivity contribution >= 4 is 40.1 Å². The number of nitriles is 1. The van der Waals surface area contributed by atoms with E-state index in [9.17, 15) is 10.1 Å². The van der Waals surface area contributed by atoms with Crippen molar-refractivity contribution in [1.82, 2.24) is 4.98 Å². The molecule has 0 saturated carbocycles. The first-order valence-corrected chi connectivity index (χ1v) is 10.7. The minimum Gasteiger partial charge on any atom is -0.494 e. The number of amides is 1. The van der Waals surface area contributed by atoms with E-state index in [1.165, 1.54) is 17.4 Å². The normalized spacial score (nSPS) is 11.0. The Kier molecular flexibility index (Phi) is 7.61. The first-order chi connectivity index (χ1) is 14.6. The Morgan fingerprint density at radius 1 is 1.23 bits per heavy atom. The van der Waals surface area contributed by atoms with Gasteiger partial charge in [-0.2, -0.15) is 5.26 Å². The molecule has 0 aliphatic heterocycles. The molecule has 1 amide bonds. The van der Waals surface area contributed by atoms with Gasteiger partial charge in [0.15, 0.2) is 5.13 Å². The van der Waals surface area contributed by atoms with Gasteiger partial charge >= 0.3 is 0 Å². The summed E-state index contributed by atoms with van der Waals surface area (Å²) < 4.78 is 5.67. The van der Waals surface area contributed by atoms with E-state index in [-0.39, 0.29) is 5.57 Å². The number of unbranched alkanes of at least 4 members (excludes halogenated alkanes) is 1. The van der Waals surface area contributed by atoms with Crippen molar-refractivity contribution in [3.05, 3.63) is 70.1 Å². The molecule has 3 aromatic rings. The molecule has 0 radical (unpaired) electrons. The molecular weight excluding hydrogens is 418 g/mol. The summed E-state index contributed by atoms with van der Waals surface area (Å²) in [7, 11) is 0. The lowest BCUT2D eigenvalue weighted by atomic mass is 10.1. The Labute approximate surface area is 184 Å². The van der Waals surface area contributed by atoms with Gasteiger partial charge in [-0.3, -0.25) is 10.1 Å². The zero-order valence-corrected chi connectivity index (χ0v) is 18.0. The number of halogens is 1. The number of carbonyl (C=O) groups is 1. The van der Waals surface area contributed by atoms with E-state index < -0.39 is 5.91 Å². The van der Waals surface area contributed by atoms with Crippen LogP contribution in [0.4, 0.5) is 5.13 Å². The molecule has 0 unspecified atom stereocenters. The molecule has 7 heteroatoms. The van der Waals surface area contributed by atoms with Gasteiger partial charge in [0.05, 0.1) is 12.3 Å². The highest BCUT2D eigenvalue weighted by atomic mass is 35.5. The summed E-state index contributed by atoms with van der Waals surface area (Å²) >= 11 is 7.16. The average molecular weight is 438 g/mol. The number of thiazole rings is 1. The smallest absolute Gasteiger partial charge is 0.268 e. The van der Waals surface area contributed by atoms with Crippen molar-refractivity contribution in [2.24, 2.45) is 0 Å². The first-order valence-electron chi connectivity index (χ1n) is 9.46. The van der Waals surface area contributed by atoms with Gasteiger partial charge in [-0.15, -0.1) is 11.3 Å². The van der Waals surface area contributed by atoms with Crippen LogP contribution in [-0.4, -0.2) is 17.5 Å². The number of carbonyl (C=O) groups excluding carboxylic acids is 1. The minimum atomic E-state index is -0.506. The fourth-order valence-corrected chi connectivity index (χ4v) is 3.40. The van der Waals surface area contributed by atoms with Crippen molar-refractivity contribution < 1.29 is 9.53 Å². The number of nitrogens with one attached hydrogen (secondary N) is 1. The van der Waals surface area contributed by atoms with Crippen LogP contribution in [0.15, 0.2) is 59.5 Å². The summed E-state index contributed by atoms with van der Waals surface area (Å²) in [4.78, 5) is 16.9. The van der Waals surface area contributed by atoms with Crippen LogP contribution in [0.2, 0.25) is 5.02 Å². The molecule has 0 aliphatic rings. The highest BCUT2D eigenvalue weighted by Crippen LogP contribution is 2.27. The van der Waals surface area contributed by atoms with Gasteiger partial charge in [0.2, 0.25) is 0 Å². The number of benzene rings is 2. The van der Waals surface area contributed by atoms with Crippen LogP contribution in [0.25, 0.3) is 17.3 Å². The number of anilines is 1. The van der Waals surface area contributed by atoms with Crippen LogP contribution >= 0.6 is 22.9 Å². The topological polar surface area (TPSA) is 75.0 Å². The first kappa shape index (κ1) is 21.6. The summed E-state index contributed by atoms with van der Waals surface area (Å²) in [6.07, 6.45) is 3.62. The molecule has 3 rings (SSSR count). The van der Waals surface area contributed by atoms with Gasteiger partial charge in [-0.25, -0.2) is 4.98 Å². The Balaban J connectivity index is 1.66. The molecule has 0 aliphatic carbocycles. The molecule has 2 aromatic carbocycles. The third-order valence-electron chi connectivity index (χ3n) is 4.19. The molecule has 5 nitrogen and oxygen atoms in total. The third kappa shape index (κ3) is 5.93. The Morgan fingerprint density at radius 3 is 2.63 bits per heavy atom. The van der Waals surface area contributed by atoms with Gasteiger partial charge in [-0.05, 0) is 54.5 Å². The number of nitrogens with zero attached hydrogens (tertiary/aromatic N) is 2. The zero-order chi connectivity index (χ0) is 21.3. The second kappa shape index (κ2) is 10.6. The molecule has 152 valence electrons. The van der Waals surface area contributed by atoms with Crippen molar-refractivity contribution in [1.29, 1.82) is 5.26 Å². The fraction of sp³-hybridized carbons (Fsp3) is 0.174. The summed E-state index contributed by atoms with van der Waals surface area (Å²) in [6.45, 7) is 2.83. The molecule has 0 bridgehead atoms. The lowest BCUT2D eigenvalue weighted by Crippen LogP contribution is -2.13. The highest BCUT2D eigenvalue weighted by molar-refractivity contribution is 7.14. The standard InChI is InChI=1S/C23H20ClN3O2S/c1-2-3-12-29-20-10-6-17(7-11-20)21-15-30-23(26-21)27-22(28)18(14-25)13-16-4-8-19(24)9-5-16/h4-11,13,15H,2-3,12H2,1H3,(H,26,27,28)/b18-13+. The predicted octanol–water partition coefficient (Wildman–Crippen LogP) is 6.19. The molecular formula is C23H20ClN3O2S. The van der Waals surface area contributed by atoms with Crippen LogP contribution in [0.5, 0.6) is 5.75 Å². The van der Waals surface area contributed by atoms with Gasteiger partial charge in [0, 0.05) is 16.0 Å². The van der Waals surface area contributed by atoms with Crippen molar-refractivity contribution in [2.45, 2.75) is 19.8 Å². The summed E-state index contributed by atoms with van der Waals surface area (Å²) in [5, 5.41) is 14.9. The SMILES string of the molecule is CCCCOc1ccc(-c2csc(NC(=O)/C(C#N)=C/c3ccc(Cl)cc3)n2)cc1. The lowest BCUT2D eigenvalue weighted by molar-refractivity contribution is -0.112. The molecule has 1 heterocycles. The van der Waals surface area contributed by atoms with Gasteiger partial charge in [0.1, 0.15) is 17.4 Å². The van der Waals surface area contributed by atoms with E-state index in [1.54, 1.807) is 24.3 Å². The van der Waals surface area contributed by atoms with E-state index in [0.29, 0.717) is 22.3 Å². The highest BCUT2D eigenvalue weighted by Gasteiger charge is 2.13. The van der Waals surface area contributed by atoms with Crippen LogP contribution in [0.1, 0.15) is 25.3 Å². The van der Waals surface area contributed by atoms with Crippen LogP contribution in [0, 0.1) is 11.3 Å². The maximum atomic E-state index is 12.5. The largest absolute Gasteiger partial charge is 0.494 e. The van der Waals surface area contributed by atoms with Gasteiger partial charge in [0.25, 0.3) is 5.91 Å². The summed E-state index contributed by atoms with van der Waals surface area (Å²) in [6, 6.07) is 16.5. The average Bonchev–Trinajstić information content (AvgIpc) is 3.22. The summed E-state index contributed by atoms with van der Waals surface area (Å²) in [5.41, 5.74) is 2.37. The van der Waals surface area contributed by atoms with E-state index in [4.69, 9.17) is 16.3 Å². The van der Waals surface area contributed by atoms with E-state index in [2.05, 4.69) is 17.2 Å². The number of ether oxygens (including phenoxy) is 1. The zero-order valence-electron chi connectivity index (χ0n) is 16.4. The minimum absolute atomic E-state index is 0.0114. The molecule has 30 heavy (non-hydrogen) atoms. The number of hydrogen-bond acceptors (Lipinski definition) is 5. The van der Waals surface area contributed by atoms with E-state index in [1.807, 2.05) is 35.7 Å². The molecule has 0 fully saturated rings. The Hall–Kier alpha value is -3.14. The van der Waals surface area contributed by atoms with Crippen molar-refractivity contribution in [2.75, 3.05) is 11.9 Å². The van der Waals surface area contributed by atoms with Crippen LogP contribution in [-0.2, 0) is 4.79 Å². The quantitative estimate of drug-likeness (QED) is 0.259. The molecule has 0 saturated heterocycles. The second-order valence-electron chi connectivity index (χ2n) is 6.44. The number of aromatic nitrogens is 1. The lowest BCUT2D eigenvalue weighted by Gasteiger charge is -2.05. The Bertz CT molecular complexity index is 1070. The Morgan fingerprint density at radius 2 is 1.97 bits per heavy atom. The maximum Gasteiger partial charge on any atom is 0.268 e. The molecule has 1 N–H and O–H groups in total. The maximum absolute atomic E-state index is 12.5. The summed E-state index contributed by atoms with van der Waals surface area (Å²) in [5.74, 6) is 0.315. The van der Waals surface area contributed by atoms with Gasteiger partial charge < -0.3 is 4.74 Å². The van der Waals surface area contributed by atoms with E-state index in [0.717, 1.165) is 29.8 Å². The molecule has 1 aromatic heterocycles. The number of hydrogen-bond donors (Lipinski definition) is 1. The third-order valence-corrected chi connectivity index (χ3v) is 5.20. The molecule has 0 spiro atoms. The van der Waals surface area contributed by atoms with Crippen molar-refractivity contribution in [3.8, 4) is 23.1 Å². The van der Waals surface area contributed by atoms with Crippen LogP contribution in [0.3, 0.4) is 0 Å². The monoisotopic (exact) mass is 437 g/mol. The predicted molar refractivity (Wildman–Crippen MR) is 122 cm³/mol.